The van der Waals surface area contributed by atoms with Gasteiger partial charge in [-0.05, 0) is 84.6 Å². The third kappa shape index (κ3) is 5.52. The molecule has 182 valence electrons. The summed E-state index contributed by atoms with van der Waals surface area (Å²) in [6.45, 7) is -2.53. The molecule has 3 aromatic carbocycles. The van der Waals surface area contributed by atoms with Gasteiger partial charge in [-0.1, -0.05) is 30.3 Å². The van der Waals surface area contributed by atoms with Crippen molar-refractivity contribution in [3.63, 3.8) is 0 Å². The number of halogens is 5. The van der Waals surface area contributed by atoms with E-state index in [1.807, 2.05) is 12.1 Å². The molecule has 0 spiro atoms. The number of hydrogen-bond acceptors (Lipinski definition) is 2. The molecule has 1 saturated carbocycles. The van der Waals surface area contributed by atoms with Crippen LogP contribution in [0.15, 0.2) is 42.5 Å². The molecule has 7 heteroatoms. The minimum Gasteiger partial charge on any atom is -0.429 e. The van der Waals surface area contributed by atoms with Crippen LogP contribution in [0.4, 0.5) is 22.0 Å². The van der Waals surface area contributed by atoms with Crippen LogP contribution in [0.1, 0.15) is 48.3 Å². The van der Waals surface area contributed by atoms with Gasteiger partial charge in [0.1, 0.15) is 5.82 Å². The number of fused-ring (bicyclic) bond motifs is 1. The Morgan fingerprint density at radius 1 is 0.882 bits per heavy atom. The summed E-state index contributed by atoms with van der Waals surface area (Å²) in [7, 11) is 1.73. The molecule has 4 rings (SSSR count). The van der Waals surface area contributed by atoms with E-state index in [4.69, 9.17) is 4.74 Å². The van der Waals surface area contributed by atoms with Gasteiger partial charge in [-0.15, -0.1) is 0 Å². The van der Waals surface area contributed by atoms with E-state index in [-0.39, 0.29) is 24.2 Å². The Bertz CT molecular complexity index is 1120. The fourth-order valence-corrected chi connectivity index (χ4v) is 4.94. The topological polar surface area (TPSA) is 18.5 Å². The summed E-state index contributed by atoms with van der Waals surface area (Å²) in [5.41, 5.74) is 1.87. The van der Waals surface area contributed by atoms with Crippen LogP contribution < -0.4 is 4.74 Å². The smallest absolute Gasteiger partial charge is 0.387 e. The summed E-state index contributed by atoms with van der Waals surface area (Å²) < 4.78 is 76.8. The third-order valence-corrected chi connectivity index (χ3v) is 6.73. The third-order valence-electron chi connectivity index (χ3n) is 6.73. The first kappa shape index (κ1) is 24.5. The van der Waals surface area contributed by atoms with Crippen molar-refractivity contribution >= 4 is 10.8 Å². The van der Waals surface area contributed by atoms with Crippen molar-refractivity contribution in [2.24, 2.45) is 5.92 Å². The normalized spacial score (nSPS) is 18.6. The lowest BCUT2D eigenvalue weighted by Gasteiger charge is -2.28. The molecule has 3 aromatic rings. The molecule has 1 aliphatic rings. The van der Waals surface area contributed by atoms with Crippen LogP contribution in [-0.2, 0) is 17.6 Å². The number of alkyl halides is 2. The molecule has 0 radical (unpaired) electrons. The minimum absolute atomic E-state index is 0.147. The average Bonchev–Trinajstić information content (AvgIpc) is 2.81. The lowest BCUT2D eigenvalue weighted by Crippen LogP contribution is -2.17. The van der Waals surface area contributed by atoms with Crippen molar-refractivity contribution in [3.8, 4) is 5.75 Å². The van der Waals surface area contributed by atoms with Crippen LogP contribution >= 0.6 is 0 Å². The van der Waals surface area contributed by atoms with Gasteiger partial charge in [-0.2, -0.15) is 8.78 Å². The second kappa shape index (κ2) is 10.7. The van der Waals surface area contributed by atoms with E-state index in [1.54, 1.807) is 19.2 Å². The Kier molecular flexibility index (Phi) is 7.71. The number of ether oxygens (including phenoxy) is 2. The highest BCUT2D eigenvalue weighted by Gasteiger charge is 2.23. The molecule has 2 nitrogen and oxygen atoms in total. The summed E-state index contributed by atoms with van der Waals surface area (Å²) in [4.78, 5) is 0. The van der Waals surface area contributed by atoms with Crippen LogP contribution in [-0.4, -0.2) is 20.3 Å². The Balaban J connectivity index is 1.46. The number of benzene rings is 3. The highest BCUT2D eigenvalue weighted by atomic mass is 19.3. The van der Waals surface area contributed by atoms with Crippen LogP contribution in [0.25, 0.3) is 10.8 Å². The van der Waals surface area contributed by atoms with Crippen molar-refractivity contribution < 1.29 is 31.4 Å². The summed E-state index contributed by atoms with van der Waals surface area (Å²) in [5, 5.41) is 1.33. The van der Waals surface area contributed by atoms with Gasteiger partial charge in [0.25, 0.3) is 0 Å². The van der Waals surface area contributed by atoms with Gasteiger partial charge in [-0.25, -0.2) is 13.2 Å². The first-order valence-electron chi connectivity index (χ1n) is 11.5. The fourth-order valence-electron chi connectivity index (χ4n) is 4.94. The number of hydrogen-bond donors (Lipinski definition) is 0. The van der Waals surface area contributed by atoms with Crippen LogP contribution in [0.5, 0.6) is 5.75 Å². The van der Waals surface area contributed by atoms with Crippen LogP contribution in [0, 0.1) is 23.4 Å². The molecule has 0 atom stereocenters. The number of rotatable bonds is 8. The maximum atomic E-state index is 15.2. The van der Waals surface area contributed by atoms with Crippen molar-refractivity contribution in [1.82, 2.24) is 0 Å². The van der Waals surface area contributed by atoms with Crippen LogP contribution in [0.2, 0.25) is 0 Å². The second-order valence-corrected chi connectivity index (χ2v) is 8.96. The summed E-state index contributed by atoms with van der Waals surface area (Å²) in [6, 6.07) is 11.3. The zero-order chi connectivity index (χ0) is 24.2. The Morgan fingerprint density at radius 2 is 1.59 bits per heavy atom. The zero-order valence-electron chi connectivity index (χ0n) is 18.9. The number of aryl methyl sites for hydroxylation is 2. The van der Waals surface area contributed by atoms with Gasteiger partial charge < -0.3 is 9.47 Å². The van der Waals surface area contributed by atoms with Gasteiger partial charge in [0.15, 0.2) is 17.4 Å². The molecular weight excluding hydrogens is 451 g/mol. The predicted octanol–water partition coefficient (Wildman–Crippen LogP) is 7.56. The Labute approximate surface area is 195 Å². The van der Waals surface area contributed by atoms with E-state index < -0.39 is 24.0 Å². The van der Waals surface area contributed by atoms with Gasteiger partial charge in [0, 0.05) is 19.1 Å². The maximum Gasteiger partial charge on any atom is 0.387 e. The largest absolute Gasteiger partial charge is 0.429 e. The molecule has 1 fully saturated rings. The SMILES string of the molecule is COCC1CCC(c2ccc3c(F)c(CCc4cc(F)c(OC(F)F)c(F)c4)ccc3c2)CC1. The first-order chi connectivity index (χ1) is 16.4. The fraction of sp³-hybridized carbons (Fsp3) is 0.407. The zero-order valence-corrected chi connectivity index (χ0v) is 18.9. The second-order valence-electron chi connectivity index (χ2n) is 8.96. The van der Waals surface area contributed by atoms with Gasteiger partial charge >= 0.3 is 6.61 Å². The molecular formula is C27H27F5O2. The Hall–Kier alpha value is -2.67. The van der Waals surface area contributed by atoms with Crippen molar-refractivity contribution in [2.75, 3.05) is 13.7 Å². The van der Waals surface area contributed by atoms with Crippen molar-refractivity contribution in [1.29, 1.82) is 0 Å². The Morgan fingerprint density at radius 3 is 2.24 bits per heavy atom. The molecule has 34 heavy (non-hydrogen) atoms. The maximum absolute atomic E-state index is 15.2. The molecule has 0 unspecified atom stereocenters. The van der Waals surface area contributed by atoms with Gasteiger partial charge in [-0.3, -0.25) is 0 Å². The minimum atomic E-state index is -3.33. The van der Waals surface area contributed by atoms with E-state index in [0.29, 0.717) is 22.8 Å². The van der Waals surface area contributed by atoms with Crippen molar-refractivity contribution in [3.05, 3.63) is 76.6 Å². The van der Waals surface area contributed by atoms with Crippen molar-refractivity contribution in [2.45, 2.75) is 51.1 Å². The summed E-state index contributed by atoms with van der Waals surface area (Å²) in [6.07, 6.45) is 4.79. The molecule has 1 aliphatic carbocycles. The number of methoxy groups -OCH3 is 1. The molecule has 0 aliphatic heterocycles. The van der Waals surface area contributed by atoms with E-state index >= 15 is 4.39 Å². The van der Waals surface area contributed by atoms with E-state index in [2.05, 4.69) is 10.8 Å². The standard InChI is InChI=1S/C27H27F5O2/c1-33-15-16-2-5-18(6-3-16)20-10-11-22-21(14-20)9-8-19(25(22)30)7-4-17-12-23(28)26(24(29)13-17)34-27(31)32/h8-14,16,18,27H,2-7,15H2,1H3. The highest BCUT2D eigenvalue weighted by Crippen LogP contribution is 2.37. The molecule has 0 N–H and O–H groups in total. The van der Waals surface area contributed by atoms with Gasteiger partial charge in [0.05, 0.1) is 0 Å². The lowest BCUT2D eigenvalue weighted by atomic mass is 9.78. The van der Waals surface area contributed by atoms with E-state index in [0.717, 1.165) is 49.8 Å². The molecule has 0 aromatic heterocycles. The summed E-state index contributed by atoms with van der Waals surface area (Å²) >= 11 is 0. The lowest BCUT2D eigenvalue weighted by molar-refractivity contribution is -0.0546. The summed E-state index contributed by atoms with van der Waals surface area (Å²) in [5.74, 6) is -2.82. The van der Waals surface area contributed by atoms with Gasteiger partial charge in [0.2, 0.25) is 0 Å². The van der Waals surface area contributed by atoms with Crippen LogP contribution in [0.3, 0.4) is 0 Å². The predicted molar refractivity (Wildman–Crippen MR) is 121 cm³/mol. The van der Waals surface area contributed by atoms with E-state index in [9.17, 15) is 17.6 Å². The van der Waals surface area contributed by atoms with E-state index in [1.165, 1.54) is 5.56 Å². The molecule has 0 saturated heterocycles. The highest BCUT2D eigenvalue weighted by molar-refractivity contribution is 5.84. The first-order valence-corrected chi connectivity index (χ1v) is 11.5. The molecule has 0 heterocycles. The molecule has 0 bridgehead atoms. The average molecular weight is 479 g/mol. The quantitative estimate of drug-likeness (QED) is 0.311. The molecule has 0 amide bonds. The monoisotopic (exact) mass is 478 g/mol.